The molecule has 150 valence electrons. The average Bonchev–Trinajstić information content (AvgIpc) is 2.62. The zero-order valence-corrected chi connectivity index (χ0v) is 15.5. The maximum atomic E-state index is 12.4. The standard InChI is InChI=1S/C18H29N5O4/c1-11(16(21)25)22-18(27)15(4-2-3-9-19)23-17(26)14(20)10-12-5-7-13(24)8-6-12/h5-8,11,14-15,24H,2-4,9-10,19-20H2,1H3,(H2,21,25)(H,22,27)(H,23,26)/t11-,14-,15-/m0/s1. The maximum absolute atomic E-state index is 12.4. The van der Waals surface area contributed by atoms with Gasteiger partial charge < -0.3 is 32.9 Å². The van der Waals surface area contributed by atoms with Gasteiger partial charge >= 0.3 is 0 Å². The smallest absolute Gasteiger partial charge is 0.243 e. The summed E-state index contributed by atoms with van der Waals surface area (Å²) in [6, 6.07) is 3.80. The fourth-order valence-electron chi connectivity index (χ4n) is 2.40. The van der Waals surface area contributed by atoms with E-state index in [-0.39, 0.29) is 12.2 Å². The van der Waals surface area contributed by atoms with E-state index in [1.165, 1.54) is 19.1 Å². The average molecular weight is 379 g/mol. The molecular formula is C18H29N5O4. The first-order chi connectivity index (χ1) is 12.7. The lowest BCUT2D eigenvalue weighted by Crippen LogP contribution is -2.54. The molecule has 0 fully saturated rings. The van der Waals surface area contributed by atoms with E-state index in [1.54, 1.807) is 12.1 Å². The Hall–Kier alpha value is -2.65. The number of unbranched alkanes of at least 4 members (excludes halogenated alkanes) is 1. The molecule has 3 atom stereocenters. The predicted octanol–water partition coefficient (Wildman–Crippen LogP) is -1.13. The Morgan fingerprint density at radius 3 is 2.26 bits per heavy atom. The molecule has 0 radical (unpaired) electrons. The van der Waals surface area contributed by atoms with Crippen molar-refractivity contribution in [3.8, 4) is 5.75 Å². The summed E-state index contributed by atoms with van der Waals surface area (Å²) in [5.41, 5.74) is 17.3. The lowest BCUT2D eigenvalue weighted by molar-refractivity contribution is -0.131. The van der Waals surface area contributed by atoms with Crippen LogP contribution in [0.5, 0.6) is 5.75 Å². The highest BCUT2D eigenvalue weighted by atomic mass is 16.3. The number of phenolic OH excluding ortho intramolecular Hbond substituents is 1. The van der Waals surface area contributed by atoms with Gasteiger partial charge in [-0.05, 0) is 56.8 Å². The molecule has 27 heavy (non-hydrogen) atoms. The van der Waals surface area contributed by atoms with Crippen LogP contribution in [0.3, 0.4) is 0 Å². The minimum Gasteiger partial charge on any atom is -0.508 e. The van der Waals surface area contributed by atoms with Gasteiger partial charge in [-0.25, -0.2) is 0 Å². The van der Waals surface area contributed by atoms with Crippen LogP contribution in [0.25, 0.3) is 0 Å². The summed E-state index contributed by atoms with van der Waals surface area (Å²) in [5.74, 6) is -1.53. The Morgan fingerprint density at radius 1 is 1.07 bits per heavy atom. The van der Waals surface area contributed by atoms with Gasteiger partial charge in [0.25, 0.3) is 0 Å². The van der Waals surface area contributed by atoms with Crippen LogP contribution in [0.15, 0.2) is 24.3 Å². The number of hydrogen-bond donors (Lipinski definition) is 6. The molecule has 0 bridgehead atoms. The van der Waals surface area contributed by atoms with E-state index >= 15 is 0 Å². The van der Waals surface area contributed by atoms with Crippen molar-refractivity contribution in [3.05, 3.63) is 29.8 Å². The van der Waals surface area contributed by atoms with Gasteiger partial charge in [-0.3, -0.25) is 14.4 Å². The zero-order valence-electron chi connectivity index (χ0n) is 15.5. The fourth-order valence-corrected chi connectivity index (χ4v) is 2.40. The van der Waals surface area contributed by atoms with Gasteiger partial charge in [-0.2, -0.15) is 0 Å². The highest BCUT2D eigenvalue weighted by Crippen LogP contribution is 2.11. The third kappa shape index (κ3) is 8.06. The number of nitrogens with one attached hydrogen (secondary N) is 2. The van der Waals surface area contributed by atoms with Crippen LogP contribution < -0.4 is 27.8 Å². The van der Waals surface area contributed by atoms with Crippen molar-refractivity contribution < 1.29 is 19.5 Å². The number of primary amides is 1. The maximum Gasteiger partial charge on any atom is 0.243 e. The normalized spacial score (nSPS) is 14.0. The van der Waals surface area contributed by atoms with Crippen LogP contribution in [0.4, 0.5) is 0 Å². The summed E-state index contributed by atoms with van der Waals surface area (Å²) in [4.78, 5) is 35.9. The summed E-state index contributed by atoms with van der Waals surface area (Å²) in [7, 11) is 0. The molecule has 0 saturated carbocycles. The first kappa shape index (κ1) is 22.4. The van der Waals surface area contributed by atoms with E-state index in [2.05, 4.69) is 10.6 Å². The Morgan fingerprint density at radius 2 is 1.70 bits per heavy atom. The van der Waals surface area contributed by atoms with E-state index in [0.29, 0.717) is 25.8 Å². The SMILES string of the molecule is C[C@H](NC(=O)[C@H](CCCCN)NC(=O)[C@@H](N)Cc1ccc(O)cc1)C(N)=O. The lowest BCUT2D eigenvalue weighted by Gasteiger charge is -2.22. The van der Waals surface area contributed by atoms with E-state index in [1.807, 2.05) is 0 Å². The molecular weight excluding hydrogens is 350 g/mol. The van der Waals surface area contributed by atoms with Crippen LogP contribution in [-0.2, 0) is 20.8 Å². The van der Waals surface area contributed by atoms with Crippen molar-refractivity contribution in [1.29, 1.82) is 0 Å². The summed E-state index contributed by atoms with van der Waals surface area (Å²) < 4.78 is 0. The van der Waals surface area contributed by atoms with Crippen molar-refractivity contribution in [2.45, 2.75) is 50.7 Å². The van der Waals surface area contributed by atoms with Gasteiger partial charge in [0.15, 0.2) is 0 Å². The number of rotatable bonds is 11. The number of amides is 3. The van der Waals surface area contributed by atoms with Crippen LogP contribution in [0.1, 0.15) is 31.7 Å². The van der Waals surface area contributed by atoms with Gasteiger partial charge in [0.05, 0.1) is 6.04 Å². The summed E-state index contributed by atoms with van der Waals surface area (Å²) in [6.07, 6.45) is 1.95. The summed E-state index contributed by atoms with van der Waals surface area (Å²) >= 11 is 0. The second-order valence-electron chi connectivity index (χ2n) is 6.46. The van der Waals surface area contributed by atoms with E-state index in [4.69, 9.17) is 17.2 Å². The Labute approximate surface area is 158 Å². The highest BCUT2D eigenvalue weighted by Gasteiger charge is 2.25. The largest absolute Gasteiger partial charge is 0.508 e. The lowest BCUT2D eigenvalue weighted by atomic mass is 10.0. The Kier molecular flexibility index (Phi) is 9.24. The molecule has 9 nitrogen and oxygen atoms in total. The molecule has 1 aromatic rings. The van der Waals surface area contributed by atoms with Crippen molar-refractivity contribution in [1.82, 2.24) is 10.6 Å². The van der Waals surface area contributed by atoms with Gasteiger partial charge in [-0.1, -0.05) is 12.1 Å². The monoisotopic (exact) mass is 379 g/mol. The van der Waals surface area contributed by atoms with E-state index in [9.17, 15) is 19.5 Å². The predicted molar refractivity (Wildman–Crippen MR) is 101 cm³/mol. The van der Waals surface area contributed by atoms with Gasteiger partial charge in [0.1, 0.15) is 17.8 Å². The molecule has 0 spiro atoms. The molecule has 1 aromatic carbocycles. The van der Waals surface area contributed by atoms with Crippen molar-refractivity contribution in [3.63, 3.8) is 0 Å². The minimum absolute atomic E-state index is 0.122. The zero-order chi connectivity index (χ0) is 20.4. The quantitative estimate of drug-likeness (QED) is 0.265. The van der Waals surface area contributed by atoms with Crippen molar-refractivity contribution in [2.75, 3.05) is 6.54 Å². The number of phenols is 1. The van der Waals surface area contributed by atoms with E-state index in [0.717, 1.165) is 5.56 Å². The summed E-state index contributed by atoms with van der Waals surface area (Å²) in [6.45, 7) is 1.94. The third-order valence-electron chi connectivity index (χ3n) is 4.09. The molecule has 1 rings (SSSR count). The fraction of sp³-hybridized carbons (Fsp3) is 0.500. The highest BCUT2D eigenvalue weighted by molar-refractivity contribution is 5.92. The van der Waals surface area contributed by atoms with Gasteiger partial charge in [0.2, 0.25) is 17.7 Å². The van der Waals surface area contributed by atoms with Crippen LogP contribution in [-0.4, -0.2) is 47.5 Å². The van der Waals surface area contributed by atoms with Crippen LogP contribution >= 0.6 is 0 Å². The van der Waals surface area contributed by atoms with Gasteiger partial charge in [-0.15, -0.1) is 0 Å². The molecule has 9 N–H and O–H groups in total. The summed E-state index contributed by atoms with van der Waals surface area (Å²) in [5, 5.41) is 14.4. The molecule has 0 aliphatic carbocycles. The number of carbonyl (C=O) groups is 3. The van der Waals surface area contributed by atoms with Crippen molar-refractivity contribution in [2.24, 2.45) is 17.2 Å². The second-order valence-corrected chi connectivity index (χ2v) is 6.46. The van der Waals surface area contributed by atoms with E-state index < -0.39 is 35.8 Å². The topological polar surface area (TPSA) is 174 Å². The molecule has 9 heteroatoms. The molecule has 0 heterocycles. The molecule has 0 aromatic heterocycles. The number of carbonyl (C=O) groups excluding carboxylic acids is 3. The molecule has 0 saturated heterocycles. The number of hydrogen-bond acceptors (Lipinski definition) is 6. The first-order valence-corrected chi connectivity index (χ1v) is 8.88. The minimum atomic E-state index is -0.868. The molecule has 0 aliphatic rings. The molecule has 0 unspecified atom stereocenters. The van der Waals surface area contributed by atoms with Crippen LogP contribution in [0.2, 0.25) is 0 Å². The van der Waals surface area contributed by atoms with Crippen LogP contribution in [0, 0.1) is 0 Å². The Balaban J connectivity index is 2.70. The number of nitrogens with two attached hydrogens (primary N) is 3. The third-order valence-corrected chi connectivity index (χ3v) is 4.09. The number of benzene rings is 1. The molecule has 3 amide bonds. The Bertz CT molecular complexity index is 635. The first-order valence-electron chi connectivity index (χ1n) is 8.88. The molecule has 0 aliphatic heterocycles. The second kappa shape index (κ2) is 11.1. The van der Waals surface area contributed by atoms with Crippen molar-refractivity contribution >= 4 is 17.7 Å². The van der Waals surface area contributed by atoms with Gasteiger partial charge in [0, 0.05) is 0 Å². The number of aromatic hydroxyl groups is 1.